The molecule has 1 aliphatic rings. The summed E-state index contributed by atoms with van der Waals surface area (Å²) in [4.78, 5) is 5.79. The van der Waals surface area contributed by atoms with Crippen LogP contribution in [0.25, 0.3) is 11.2 Å². The fourth-order valence-corrected chi connectivity index (χ4v) is 3.66. The zero-order chi connectivity index (χ0) is 14.4. The van der Waals surface area contributed by atoms with E-state index < -0.39 is 0 Å². The van der Waals surface area contributed by atoms with Gasteiger partial charge in [-0.1, -0.05) is 6.92 Å². The van der Waals surface area contributed by atoms with E-state index in [1.807, 2.05) is 11.7 Å². The van der Waals surface area contributed by atoms with Crippen molar-refractivity contribution in [2.75, 3.05) is 13.6 Å². The number of imidazole rings is 1. The number of likely N-dealkylation sites (tertiary alicyclic amines) is 1. The standard InChI is InChI=1S/C14H23N5S/c1-5-11-12-13(18(4)16-11)19(14(20)15-12)10-6-7-17(3)9(2)8-10/h9-10H,5-8H2,1-4H3,(H,15,20). The van der Waals surface area contributed by atoms with E-state index in [4.69, 9.17) is 12.2 Å². The highest BCUT2D eigenvalue weighted by Crippen LogP contribution is 2.30. The largest absolute Gasteiger partial charge is 0.328 e. The van der Waals surface area contributed by atoms with Crippen molar-refractivity contribution in [3.8, 4) is 0 Å². The molecular formula is C14H23N5S. The summed E-state index contributed by atoms with van der Waals surface area (Å²) in [5, 5.41) is 4.61. The van der Waals surface area contributed by atoms with Crippen molar-refractivity contribution in [2.45, 2.75) is 45.2 Å². The third-order valence-electron chi connectivity index (χ3n) is 4.65. The predicted molar refractivity (Wildman–Crippen MR) is 83.6 cm³/mol. The lowest BCUT2D eigenvalue weighted by atomic mass is 9.99. The highest BCUT2D eigenvalue weighted by Gasteiger charge is 2.27. The van der Waals surface area contributed by atoms with Gasteiger partial charge in [0, 0.05) is 25.7 Å². The van der Waals surface area contributed by atoms with E-state index in [9.17, 15) is 0 Å². The highest BCUT2D eigenvalue weighted by molar-refractivity contribution is 7.71. The molecule has 0 saturated carbocycles. The lowest BCUT2D eigenvalue weighted by Gasteiger charge is -2.35. The molecule has 0 bridgehead atoms. The van der Waals surface area contributed by atoms with E-state index >= 15 is 0 Å². The van der Waals surface area contributed by atoms with Gasteiger partial charge in [0.2, 0.25) is 0 Å². The van der Waals surface area contributed by atoms with E-state index in [-0.39, 0.29) is 0 Å². The van der Waals surface area contributed by atoms with Crippen LogP contribution in [-0.4, -0.2) is 43.9 Å². The average Bonchev–Trinajstić information content (AvgIpc) is 2.90. The number of aryl methyl sites for hydroxylation is 2. The Morgan fingerprint density at radius 3 is 2.80 bits per heavy atom. The van der Waals surface area contributed by atoms with Crippen LogP contribution >= 0.6 is 12.2 Å². The summed E-state index contributed by atoms with van der Waals surface area (Å²) in [5.41, 5.74) is 3.37. The number of aromatic nitrogens is 4. The molecule has 0 spiro atoms. The zero-order valence-corrected chi connectivity index (χ0v) is 13.5. The summed E-state index contributed by atoms with van der Waals surface area (Å²) in [7, 11) is 4.21. The molecule has 1 N–H and O–H groups in total. The number of fused-ring (bicyclic) bond motifs is 1. The van der Waals surface area contributed by atoms with Crippen molar-refractivity contribution in [3.63, 3.8) is 0 Å². The van der Waals surface area contributed by atoms with Gasteiger partial charge in [0.1, 0.15) is 5.52 Å². The maximum Gasteiger partial charge on any atom is 0.179 e. The highest BCUT2D eigenvalue weighted by atomic mass is 32.1. The maximum atomic E-state index is 5.58. The molecule has 110 valence electrons. The molecule has 0 radical (unpaired) electrons. The second kappa shape index (κ2) is 5.00. The van der Waals surface area contributed by atoms with Gasteiger partial charge in [-0.2, -0.15) is 5.10 Å². The van der Waals surface area contributed by atoms with Gasteiger partial charge in [-0.05, 0) is 45.5 Å². The fourth-order valence-electron chi connectivity index (χ4n) is 3.32. The first-order chi connectivity index (χ1) is 9.52. The molecule has 3 rings (SSSR count). The number of nitrogens with zero attached hydrogens (tertiary/aromatic N) is 4. The summed E-state index contributed by atoms with van der Waals surface area (Å²) < 4.78 is 5.11. The second-order valence-corrected chi connectivity index (χ2v) is 6.32. The Kier molecular flexibility index (Phi) is 3.46. The minimum atomic E-state index is 0.475. The molecule has 3 heterocycles. The van der Waals surface area contributed by atoms with Crippen LogP contribution < -0.4 is 0 Å². The first-order valence-corrected chi connectivity index (χ1v) is 7.80. The summed E-state index contributed by atoms with van der Waals surface area (Å²) >= 11 is 5.58. The van der Waals surface area contributed by atoms with Crippen LogP contribution in [0.2, 0.25) is 0 Å². The molecule has 2 unspecified atom stereocenters. The minimum absolute atomic E-state index is 0.475. The molecule has 2 aromatic rings. The summed E-state index contributed by atoms with van der Waals surface area (Å²) in [6, 6.07) is 1.07. The topological polar surface area (TPSA) is 41.8 Å². The van der Waals surface area contributed by atoms with Crippen LogP contribution in [-0.2, 0) is 13.5 Å². The van der Waals surface area contributed by atoms with Gasteiger partial charge >= 0.3 is 0 Å². The first kappa shape index (κ1) is 13.8. The minimum Gasteiger partial charge on any atom is -0.328 e. The lowest BCUT2D eigenvalue weighted by molar-refractivity contribution is 0.157. The van der Waals surface area contributed by atoms with Gasteiger partial charge in [-0.15, -0.1) is 0 Å². The molecule has 1 aliphatic heterocycles. The third kappa shape index (κ3) is 2.02. The summed E-state index contributed by atoms with van der Waals surface area (Å²) in [5.74, 6) is 0. The maximum absolute atomic E-state index is 5.58. The van der Waals surface area contributed by atoms with Gasteiger partial charge in [0.25, 0.3) is 0 Å². The monoisotopic (exact) mass is 293 g/mol. The molecule has 0 aromatic carbocycles. The predicted octanol–water partition coefficient (Wildman–Crippen LogP) is 2.65. The van der Waals surface area contributed by atoms with Crippen LogP contribution in [0.1, 0.15) is 38.4 Å². The Labute approximate surface area is 124 Å². The van der Waals surface area contributed by atoms with Crippen LogP contribution in [0.3, 0.4) is 0 Å². The Bertz CT molecular complexity index is 680. The van der Waals surface area contributed by atoms with E-state index in [0.717, 1.165) is 47.4 Å². The van der Waals surface area contributed by atoms with Gasteiger partial charge in [0.15, 0.2) is 10.4 Å². The number of hydrogen-bond acceptors (Lipinski definition) is 3. The molecule has 1 fully saturated rings. The van der Waals surface area contributed by atoms with Crippen LogP contribution in [0.4, 0.5) is 0 Å². The Morgan fingerprint density at radius 1 is 1.40 bits per heavy atom. The van der Waals surface area contributed by atoms with Crippen LogP contribution in [0, 0.1) is 4.77 Å². The van der Waals surface area contributed by atoms with Crippen molar-refractivity contribution < 1.29 is 0 Å². The van der Waals surface area contributed by atoms with Gasteiger partial charge in [-0.3, -0.25) is 9.25 Å². The smallest absolute Gasteiger partial charge is 0.179 e. The molecule has 6 heteroatoms. The zero-order valence-electron chi connectivity index (χ0n) is 12.7. The molecule has 2 aromatic heterocycles. The molecule has 1 saturated heterocycles. The molecule has 2 atom stereocenters. The molecule has 0 amide bonds. The third-order valence-corrected chi connectivity index (χ3v) is 4.95. The lowest BCUT2D eigenvalue weighted by Crippen LogP contribution is -2.38. The fraction of sp³-hybridized carbons (Fsp3) is 0.714. The van der Waals surface area contributed by atoms with Gasteiger partial charge in [0.05, 0.1) is 5.69 Å². The Hall–Kier alpha value is -1.14. The van der Waals surface area contributed by atoms with Crippen molar-refractivity contribution in [3.05, 3.63) is 10.5 Å². The van der Waals surface area contributed by atoms with E-state index in [0.29, 0.717) is 12.1 Å². The number of piperidine rings is 1. The average molecular weight is 293 g/mol. The normalized spacial score (nSPS) is 24.6. The Balaban J connectivity index is 2.10. The number of hydrogen-bond donors (Lipinski definition) is 1. The summed E-state index contributed by atoms with van der Waals surface area (Å²) in [6.45, 7) is 5.55. The second-order valence-electron chi connectivity index (χ2n) is 5.93. The van der Waals surface area contributed by atoms with Crippen molar-refractivity contribution in [2.24, 2.45) is 7.05 Å². The van der Waals surface area contributed by atoms with E-state index in [2.05, 4.69) is 40.4 Å². The number of H-pyrrole nitrogens is 1. The molecule has 5 nitrogen and oxygen atoms in total. The van der Waals surface area contributed by atoms with Gasteiger partial charge in [-0.25, -0.2) is 0 Å². The van der Waals surface area contributed by atoms with Crippen molar-refractivity contribution >= 4 is 23.4 Å². The van der Waals surface area contributed by atoms with Crippen LogP contribution in [0.5, 0.6) is 0 Å². The summed E-state index contributed by atoms with van der Waals surface area (Å²) in [6.07, 6.45) is 3.22. The van der Waals surface area contributed by atoms with Gasteiger partial charge < -0.3 is 9.88 Å². The van der Waals surface area contributed by atoms with E-state index in [1.165, 1.54) is 0 Å². The van der Waals surface area contributed by atoms with Crippen molar-refractivity contribution in [1.82, 2.24) is 24.2 Å². The molecule has 20 heavy (non-hydrogen) atoms. The number of aromatic amines is 1. The van der Waals surface area contributed by atoms with Crippen LogP contribution in [0.15, 0.2) is 0 Å². The SMILES string of the molecule is CCc1nn(C)c2c1[nH]c(=S)n2C1CCN(C)C(C)C1. The first-order valence-electron chi connectivity index (χ1n) is 7.39. The van der Waals surface area contributed by atoms with Crippen molar-refractivity contribution in [1.29, 1.82) is 0 Å². The number of rotatable bonds is 2. The quantitative estimate of drug-likeness (QED) is 0.866. The molecular weight excluding hydrogens is 270 g/mol. The molecule has 0 aliphatic carbocycles. The number of nitrogens with one attached hydrogen (secondary N) is 1. The van der Waals surface area contributed by atoms with E-state index in [1.54, 1.807) is 0 Å². The Morgan fingerprint density at radius 2 is 2.15 bits per heavy atom.